The Morgan fingerprint density at radius 3 is 0.125 bits per heavy atom. The first-order valence-electron chi connectivity index (χ1n) is 0. The van der Waals surface area contributed by atoms with Gasteiger partial charge in [-0.05, 0) is 0 Å². The van der Waals surface area contributed by atoms with Crippen LogP contribution in [-0.2, 0) is 0 Å². The molecule has 0 atom stereocenters. The van der Waals surface area contributed by atoms with E-state index in [9.17, 15) is 0 Å². The zero-order valence-electron chi connectivity index (χ0n) is 5.66. The van der Waals surface area contributed by atoms with Crippen LogP contribution in [-0.4, -0.2) is 302 Å². The zero-order valence-corrected chi connectivity index (χ0v) is 23.3. The summed E-state index contributed by atoms with van der Waals surface area (Å²) in [6, 6.07) is 0. The van der Waals surface area contributed by atoms with Crippen molar-refractivity contribution < 1.29 is 0 Å². The van der Waals surface area contributed by atoms with Crippen molar-refractivity contribution in [2.24, 2.45) is 0 Å². The molecule has 0 spiro atoms. The number of hydrogen-bond acceptors (Lipinski definition) is 0. The second kappa shape index (κ2) is 43.5. The first-order chi connectivity index (χ1) is 0. The molecule has 0 amide bonds. The van der Waals surface area contributed by atoms with Crippen molar-refractivity contribution in [3.05, 3.63) is 0 Å². The van der Waals surface area contributed by atoms with Gasteiger partial charge in [0.25, 0.3) is 0 Å². The molecular formula is Ca8. The Hall–Kier alpha value is 10.1. The van der Waals surface area contributed by atoms with Crippen LogP contribution in [0.1, 0.15) is 0 Å². The molecule has 0 saturated carbocycles. The van der Waals surface area contributed by atoms with Crippen molar-refractivity contribution in [2.45, 2.75) is 0 Å². The molecule has 16 valence electrons. The summed E-state index contributed by atoms with van der Waals surface area (Å²) in [6.45, 7) is 0. The SMILES string of the molecule is [Ca].[Ca].[Ca].[Ca].[Ca].[Ca].[Ca].[Ca]. The molecule has 8 heteroatoms. The molecule has 0 rings (SSSR count). The fourth-order valence-corrected chi connectivity index (χ4v) is 0. The minimum atomic E-state index is 0. The van der Waals surface area contributed by atoms with E-state index in [0.717, 1.165) is 0 Å². The molecule has 0 fully saturated rings. The molecule has 0 aromatic rings. The van der Waals surface area contributed by atoms with Gasteiger partial charge in [-0.3, -0.25) is 0 Å². The largest absolute Gasteiger partial charge is 0 e. The van der Waals surface area contributed by atoms with Gasteiger partial charge in [0, 0.05) is 302 Å². The fourth-order valence-electron chi connectivity index (χ4n) is 0. The Morgan fingerprint density at radius 2 is 0.125 bits per heavy atom. The fraction of sp³-hybridized carbons (Fsp3) is 0. The van der Waals surface area contributed by atoms with E-state index in [1.54, 1.807) is 0 Å². The van der Waals surface area contributed by atoms with E-state index >= 15 is 0 Å². The van der Waals surface area contributed by atoms with E-state index in [0.29, 0.717) is 0 Å². The maximum atomic E-state index is 0. The molecule has 0 bridgehead atoms. The number of hydrogen-bond donors (Lipinski definition) is 0. The van der Waals surface area contributed by atoms with Crippen LogP contribution in [0, 0.1) is 0 Å². The van der Waals surface area contributed by atoms with E-state index in [1.165, 1.54) is 0 Å². The maximum absolute atomic E-state index is 0. The summed E-state index contributed by atoms with van der Waals surface area (Å²) >= 11 is 0. The molecule has 8 heavy (non-hydrogen) atoms. The van der Waals surface area contributed by atoms with Crippen molar-refractivity contribution >= 4 is 302 Å². The van der Waals surface area contributed by atoms with Crippen LogP contribution in [0.15, 0.2) is 0 Å². The molecule has 0 heterocycles. The maximum Gasteiger partial charge on any atom is 0 e. The Balaban J connectivity index is 0. The van der Waals surface area contributed by atoms with Crippen LogP contribution < -0.4 is 0 Å². The molecule has 0 aliphatic rings. The second-order valence-corrected chi connectivity index (χ2v) is 0. The van der Waals surface area contributed by atoms with Crippen molar-refractivity contribution in [2.75, 3.05) is 0 Å². The van der Waals surface area contributed by atoms with Crippen molar-refractivity contribution in [1.82, 2.24) is 0 Å². The average molecular weight is 321 g/mol. The first-order valence-corrected chi connectivity index (χ1v) is 0. The predicted octanol–water partition coefficient (Wildman–Crippen LogP) is -3.05. The summed E-state index contributed by atoms with van der Waals surface area (Å²) in [7, 11) is 0. The van der Waals surface area contributed by atoms with Gasteiger partial charge in [-0.25, -0.2) is 0 Å². The third-order valence-electron chi connectivity index (χ3n) is 0. The Labute approximate surface area is 290 Å². The Morgan fingerprint density at radius 1 is 0.125 bits per heavy atom. The van der Waals surface area contributed by atoms with Crippen molar-refractivity contribution in [1.29, 1.82) is 0 Å². The Kier molecular flexibility index (Phi) is 282. The van der Waals surface area contributed by atoms with Gasteiger partial charge >= 0.3 is 0 Å². The molecule has 0 aromatic heterocycles. The molecule has 0 N–H and O–H groups in total. The summed E-state index contributed by atoms with van der Waals surface area (Å²) in [5.41, 5.74) is 0. The van der Waals surface area contributed by atoms with Crippen LogP contribution in [0.2, 0.25) is 0 Å². The second-order valence-electron chi connectivity index (χ2n) is 0. The molecular weight excluding hydrogens is 321 g/mol. The normalized spacial score (nSPS) is 0. The standard InChI is InChI=1S/8Ca. The van der Waals surface area contributed by atoms with E-state index in [1.807, 2.05) is 0 Å². The van der Waals surface area contributed by atoms with Crippen molar-refractivity contribution in [3.63, 3.8) is 0 Å². The summed E-state index contributed by atoms with van der Waals surface area (Å²) in [5, 5.41) is 0. The summed E-state index contributed by atoms with van der Waals surface area (Å²) in [6.07, 6.45) is 0. The number of rotatable bonds is 0. The van der Waals surface area contributed by atoms with E-state index < -0.39 is 0 Å². The van der Waals surface area contributed by atoms with E-state index in [-0.39, 0.29) is 302 Å². The zero-order chi connectivity index (χ0) is 0. The molecule has 0 nitrogen and oxygen atoms in total. The minimum absolute atomic E-state index is 0. The predicted molar refractivity (Wildman–Crippen MR) is 46.0 cm³/mol. The molecule has 0 unspecified atom stereocenters. The molecule has 0 aliphatic carbocycles. The third-order valence-corrected chi connectivity index (χ3v) is 0. The smallest absolute Gasteiger partial charge is 0 e. The quantitative estimate of drug-likeness (QED) is 0.416. The summed E-state index contributed by atoms with van der Waals surface area (Å²) in [5.74, 6) is 0. The van der Waals surface area contributed by atoms with Crippen molar-refractivity contribution in [3.8, 4) is 0 Å². The van der Waals surface area contributed by atoms with E-state index in [4.69, 9.17) is 0 Å². The van der Waals surface area contributed by atoms with Gasteiger partial charge in [-0.15, -0.1) is 0 Å². The van der Waals surface area contributed by atoms with Gasteiger partial charge < -0.3 is 0 Å². The first kappa shape index (κ1) is 51.9. The van der Waals surface area contributed by atoms with Crippen LogP contribution in [0.25, 0.3) is 0 Å². The van der Waals surface area contributed by atoms with Gasteiger partial charge in [-0.1, -0.05) is 0 Å². The van der Waals surface area contributed by atoms with Crippen LogP contribution in [0.3, 0.4) is 0 Å². The molecule has 0 aromatic carbocycles. The monoisotopic (exact) mass is 320 g/mol. The van der Waals surface area contributed by atoms with Gasteiger partial charge in [0.1, 0.15) is 0 Å². The molecule has 16 radical (unpaired) electrons. The van der Waals surface area contributed by atoms with Gasteiger partial charge in [0.15, 0.2) is 0 Å². The summed E-state index contributed by atoms with van der Waals surface area (Å²) in [4.78, 5) is 0. The van der Waals surface area contributed by atoms with Gasteiger partial charge in [0.05, 0.1) is 0 Å². The van der Waals surface area contributed by atoms with Gasteiger partial charge in [-0.2, -0.15) is 0 Å². The topological polar surface area (TPSA) is 0 Å². The minimum Gasteiger partial charge on any atom is 0 e. The average Bonchev–Trinajstić information content (AvgIpc) is 0. The molecule has 0 saturated heterocycles. The summed E-state index contributed by atoms with van der Waals surface area (Å²) < 4.78 is 0. The third kappa shape index (κ3) is 36.0. The van der Waals surface area contributed by atoms with Crippen LogP contribution in [0.4, 0.5) is 0 Å². The molecule has 0 aliphatic heterocycles. The van der Waals surface area contributed by atoms with Crippen LogP contribution >= 0.6 is 0 Å². The van der Waals surface area contributed by atoms with Crippen LogP contribution in [0.5, 0.6) is 0 Å². The Bertz CT molecular complexity index is 0. The van der Waals surface area contributed by atoms with Gasteiger partial charge in [0.2, 0.25) is 0 Å². The van der Waals surface area contributed by atoms with E-state index in [2.05, 4.69) is 0 Å².